The van der Waals surface area contributed by atoms with E-state index in [4.69, 9.17) is 0 Å². The molecule has 0 radical (unpaired) electrons. The van der Waals surface area contributed by atoms with Crippen LogP contribution in [0.1, 0.15) is 46.0 Å². The number of hydrogen-bond acceptors (Lipinski definition) is 2. The first-order valence-electron chi connectivity index (χ1n) is 4.68. The number of hydrogen-bond donors (Lipinski definition) is 2. The summed E-state index contributed by atoms with van der Waals surface area (Å²) in [6, 6.07) is 0. The van der Waals surface area contributed by atoms with Crippen molar-refractivity contribution in [2.45, 2.75) is 51.3 Å². The maximum atomic E-state index is 11.1. The molecule has 0 fully saturated rings. The molecule has 0 aromatic heterocycles. The van der Waals surface area contributed by atoms with E-state index in [1.165, 1.54) is 0 Å². The van der Waals surface area contributed by atoms with Crippen LogP contribution in [0.5, 0.6) is 0 Å². The van der Waals surface area contributed by atoms with Gasteiger partial charge in [0.05, 0.1) is 5.37 Å². The van der Waals surface area contributed by atoms with Gasteiger partial charge in [0.25, 0.3) is 0 Å². The average Bonchev–Trinajstić information content (AvgIpc) is 2.01. The molecule has 0 bridgehead atoms. The molecule has 0 saturated heterocycles. The Hall–Kier alpha value is -0.180. The minimum Gasteiger partial charge on any atom is -0.345 e. The molecule has 0 saturated carbocycles. The van der Waals surface area contributed by atoms with Gasteiger partial charge in [-0.3, -0.25) is 4.79 Å². The molecule has 0 heterocycles. The van der Waals surface area contributed by atoms with E-state index >= 15 is 0 Å². The molecule has 12 heavy (non-hydrogen) atoms. The van der Waals surface area contributed by atoms with Gasteiger partial charge in [0, 0.05) is 6.42 Å². The summed E-state index contributed by atoms with van der Waals surface area (Å²) in [7, 11) is 0. The first-order valence-corrected chi connectivity index (χ1v) is 5.19. The van der Waals surface area contributed by atoms with Crippen LogP contribution in [-0.2, 0) is 4.79 Å². The lowest BCUT2D eigenvalue weighted by Gasteiger charge is -2.11. The summed E-state index contributed by atoms with van der Waals surface area (Å²) in [5, 5.41) is 2.89. The van der Waals surface area contributed by atoms with Crippen LogP contribution in [0.25, 0.3) is 0 Å². The van der Waals surface area contributed by atoms with Crippen molar-refractivity contribution in [3.8, 4) is 0 Å². The summed E-state index contributed by atoms with van der Waals surface area (Å²) in [5.74, 6) is 0.119. The third-order valence-corrected chi connectivity index (χ3v) is 2.02. The van der Waals surface area contributed by atoms with Crippen LogP contribution in [0.15, 0.2) is 0 Å². The van der Waals surface area contributed by atoms with Crippen molar-refractivity contribution in [1.29, 1.82) is 0 Å². The second-order valence-corrected chi connectivity index (χ2v) is 3.60. The Labute approximate surface area is 80.5 Å². The third kappa shape index (κ3) is 6.53. The van der Waals surface area contributed by atoms with E-state index in [1.54, 1.807) is 0 Å². The van der Waals surface area contributed by atoms with Gasteiger partial charge in [-0.25, -0.2) is 0 Å². The highest BCUT2D eigenvalue weighted by Crippen LogP contribution is 2.04. The van der Waals surface area contributed by atoms with Crippen molar-refractivity contribution in [1.82, 2.24) is 5.32 Å². The predicted molar refractivity (Wildman–Crippen MR) is 55.3 cm³/mol. The lowest BCUT2D eigenvalue weighted by atomic mass is 10.2. The zero-order valence-corrected chi connectivity index (χ0v) is 8.86. The fourth-order valence-electron chi connectivity index (χ4n) is 0.955. The second kappa shape index (κ2) is 7.47. The number of carbonyl (C=O) groups excluding carboxylic acids is 1. The number of amides is 1. The molecule has 0 aromatic carbocycles. The molecule has 0 aromatic rings. The molecule has 3 heteroatoms. The Balaban J connectivity index is 3.40. The van der Waals surface area contributed by atoms with Crippen molar-refractivity contribution in [2.75, 3.05) is 0 Å². The summed E-state index contributed by atoms with van der Waals surface area (Å²) in [4.78, 5) is 11.1. The van der Waals surface area contributed by atoms with E-state index in [0.717, 1.165) is 25.7 Å². The van der Waals surface area contributed by atoms with Crippen molar-refractivity contribution in [3.63, 3.8) is 0 Å². The van der Waals surface area contributed by atoms with Crippen molar-refractivity contribution in [2.24, 2.45) is 0 Å². The largest absolute Gasteiger partial charge is 0.345 e. The van der Waals surface area contributed by atoms with Crippen molar-refractivity contribution in [3.05, 3.63) is 0 Å². The van der Waals surface area contributed by atoms with Crippen LogP contribution in [0, 0.1) is 0 Å². The molecule has 1 atom stereocenters. The van der Waals surface area contributed by atoms with Gasteiger partial charge >= 0.3 is 0 Å². The standard InChI is InChI=1S/C9H19NOS/c1-3-5-7-9(12)10-8(11)6-4-2/h9,12H,3-7H2,1-2H3,(H,10,11). The van der Waals surface area contributed by atoms with E-state index in [1.807, 2.05) is 6.92 Å². The Morgan fingerprint density at radius 1 is 1.42 bits per heavy atom. The first kappa shape index (κ1) is 11.8. The molecule has 72 valence electrons. The molecule has 0 aliphatic carbocycles. The SMILES string of the molecule is CCCCC(S)NC(=O)CCC. The monoisotopic (exact) mass is 189 g/mol. The third-order valence-electron chi connectivity index (χ3n) is 1.64. The van der Waals surface area contributed by atoms with Crippen LogP contribution < -0.4 is 5.32 Å². The van der Waals surface area contributed by atoms with E-state index in [2.05, 4.69) is 24.9 Å². The maximum Gasteiger partial charge on any atom is 0.220 e. The highest BCUT2D eigenvalue weighted by Gasteiger charge is 2.05. The van der Waals surface area contributed by atoms with Crippen molar-refractivity contribution < 1.29 is 4.79 Å². The minimum absolute atomic E-state index is 0.0454. The Morgan fingerprint density at radius 3 is 2.58 bits per heavy atom. The Morgan fingerprint density at radius 2 is 2.08 bits per heavy atom. The fourth-order valence-corrected chi connectivity index (χ4v) is 1.28. The zero-order chi connectivity index (χ0) is 9.40. The summed E-state index contributed by atoms with van der Waals surface area (Å²) in [6.45, 7) is 4.13. The fraction of sp³-hybridized carbons (Fsp3) is 0.889. The molecule has 0 spiro atoms. The number of thiol groups is 1. The van der Waals surface area contributed by atoms with Gasteiger partial charge in [-0.2, -0.15) is 12.6 Å². The lowest BCUT2D eigenvalue weighted by Crippen LogP contribution is -2.30. The van der Waals surface area contributed by atoms with Gasteiger partial charge in [0.1, 0.15) is 0 Å². The van der Waals surface area contributed by atoms with E-state index < -0.39 is 0 Å². The molecule has 1 amide bonds. The second-order valence-electron chi connectivity index (χ2n) is 2.98. The van der Waals surface area contributed by atoms with E-state index in [9.17, 15) is 4.79 Å². The molecule has 0 rings (SSSR count). The van der Waals surface area contributed by atoms with Crippen LogP contribution >= 0.6 is 12.6 Å². The topological polar surface area (TPSA) is 29.1 Å². The van der Waals surface area contributed by atoms with Crippen LogP contribution in [0.3, 0.4) is 0 Å². The molecular weight excluding hydrogens is 170 g/mol. The number of nitrogens with one attached hydrogen (secondary N) is 1. The molecular formula is C9H19NOS. The Kier molecular flexibility index (Phi) is 7.36. The summed E-state index contributed by atoms with van der Waals surface area (Å²) in [5.41, 5.74) is 0. The van der Waals surface area contributed by atoms with E-state index in [-0.39, 0.29) is 11.3 Å². The van der Waals surface area contributed by atoms with Crippen LogP contribution in [-0.4, -0.2) is 11.3 Å². The highest BCUT2D eigenvalue weighted by atomic mass is 32.1. The zero-order valence-electron chi connectivity index (χ0n) is 7.97. The summed E-state index contributed by atoms with van der Waals surface area (Å²) < 4.78 is 0. The average molecular weight is 189 g/mol. The van der Waals surface area contributed by atoms with Crippen LogP contribution in [0.2, 0.25) is 0 Å². The van der Waals surface area contributed by atoms with Gasteiger partial charge in [0.15, 0.2) is 0 Å². The van der Waals surface area contributed by atoms with Gasteiger partial charge < -0.3 is 5.32 Å². The van der Waals surface area contributed by atoms with Crippen molar-refractivity contribution >= 4 is 18.5 Å². The lowest BCUT2D eigenvalue weighted by molar-refractivity contribution is -0.121. The first-order chi connectivity index (χ1) is 5.70. The molecule has 1 unspecified atom stereocenters. The van der Waals surface area contributed by atoms with Gasteiger partial charge in [-0.05, 0) is 12.8 Å². The smallest absolute Gasteiger partial charge is 0.220 e. The number of rotatable bonds is 6. The molecule has 0 aliphatic rings. The quantitative estimate of drug-likeness (QED) is 0.487. The number of carbonyl (C=O) groups is 1. The van der Waals surface area contributed by atoms with Crippen LogP contribution in [0.4, 0.5) is 0 Å². The maximum absolute atomic E-state index is 11.1. The summed E-state index contributed by atoms with van der Waals surface area (Å²) in [6.07, 6.45) is 4.76. The molecule has 1 N–H and O–H groups in total. The normalized spacial score (nSPS) is 12.6. The van der Waals surface area contributed by atoms with E-state index in [0.29, 0.717) is 6.42 Å². The molecule has 0 aliphatic heterocycles. The highest BCUT2D eigenvalue weighted by molar-refractivity contribution is 7.80. The predicted octanol–water partition coefficient (Wildman–Crippen LogP) is 2.35. The molecule has 2 nitrogen and oxygen atoms in total. The minimum atomic E-state index is 0.0454. The summed E-state index contributed by atoms with van der Waals surface area (Å²) >= 11 is 4.26. The van der Waals surface area contributed by atoms with Gasteiger partial charge in [-0.15, -0.1) is 0 Å². The van der Waals surface area contributed by atoms with Gasteiger partial charge in [-0.1, -0.05) is 26.7 Å². The Bertz CT molecular complexity index is 128. The number of unbranched alkanes of at least 4 members (excludes halogenated alkanes) is 1. The van der Waals surface area contributed by atoms with Gasteiger partial charge in [0.2, 0.25) is 5.91 Å².